The molecular weight excluding hydrogens is 737 g/mol. The Kier molecular flexibility index (Phi) is 7.22. The third kappa shape index (κ3) is 4.68. The van der Waals surface area contributed by atoms with Gasteiger partial charge in [0, 0.05) is 33.2 Å². The summed E-state index contributed by atoms with van der Waals surface area (Å²) >= 11 is 0. The van der Waals surface area contributed by atoms with Gasteiger partial charge in [0.2, 0.25) is 0 Å². The van der Waals surface area contributed by atoms with Crippen molar-refractivity contribution in [2.75, 3.05) is 4.90 Å². The number of aromatic nitrogens is 1. The number of nitrogens with zero attached hydrogens (tertiary/aromatic N) is 2. The van der Waals surface area contributed by atoms with Gasteiger partial charge in [-0.2, -0.15) is 0 Å². The maximum Gasteiger partial charge on any atom is 0.0726 e. The van der Waals surface area contributed by atoms with Crippen LogP contribution < -0.4 is 4.90 Å². The van der Waals surface area contributed by atoms with Crippen LogP contribution in [0.5, 0.6) is 0 Å². The summed E-state index contributed by atoms with van der Waals surface area (Å²) in [6, 6.07) is 68.7. The van der Waals surface area contributed by atoms with Crippen LogP contribution in [0.15, 0.2) is 200 Å². The highest BCUT2D eigenvalue weighted by Crippen LogP contribution is 2.62. The second-order valence-corrected chi connectivity index (χ2v) is 17.3. The van der Waals surface area contributed by atoms with E-state index >= 15 is 0 Å². The molecule has 1 aromatic heterocycles. The molecule has 1 spiro atoms. The Hall–Kier alpha value is -7.42. The lowest BCUT2D eigenvalue weighted by atomic mass is 9.62. The number of allylic oxidation sites excluding steroid dienone is 4. The molecule has 0 unspecified atom stereocenters. The van der Waals surface area contributed by atoms with E-state index < -0.39 is 5.41 Å². The maximum atomic E-state index is 2.55. The summed E-state index contributed by atoms with van der Waals surface area (Å²) in [5.74, 6) is 0. The summed E-state index contributed by atoms with van der Waals surface area (Å²) < 4.78 is 2.55. The molecule has 0 amide bonds. The van der Waals surface area contributed by atoms with E-state index in [-0.39, 0.29) is 0 Å². The fourth-order valence-corrected chi connectivity index (χ4v) is 11.4. The van der Waals surface area contributed by atoms with E-state index in [1.807, 2.05) is 0 Å². The van der Waals surface area contributed by atoms with E-state index in [9.17, 15) is 0 Å². The first kappa shape index (κ1) is 34.4. The van der Waals surface area contributed by atoms with Crippen molar-refractivity contribution >= 4 is 60.3 Å². The summed E-state index contributed by atoms with van der Waals surface area (Å²) in [4.78, 5) is 2.44. The van der Waals surface area contributed by atoms with Crippen LogP contribution in [0.4, 0.5) is 11.4 Å². The molecule has 0 aliphatic heterocycles. The van der Waals surface area contributed by atoms with E-state index in [4.69, 9.17) is 0 Å². The fourth-order valence-electron chi connectivity index (χ4n) is 11.4. The Morgan fingerprint density at radius 3 is 1.74 bits per heavy atom. The average Bonchev–Trinajstić information content (AvgIpc) is 3.81. The summed E-state index contributed by atoms with van der Waals surface area (Å²) in [7, 11) is 0. The van der Waals surface area contributed by atoms with Gasteiger partial charge >= 0.3 is 0 Å². The van der Waals surface area contributed by atoms with Gasteiger partial charge in [0.1, 0.15) is 0 Å². The first-order chi connectivity index (χ1) is 30.1. The van der Waals surface area contributed by atoms with Gasteiger partial charge in [-0.1, -0.05) is 157 Å². The maximum absolute atomic E-state index is 2.55. The zero-order valence-corrected chi connectivity index (χ0v) is 34.3. The molecule has 0 radical (unpaired) electrons. The molecule has 0 atom stereocenters. The van der Waals surface area contributed by atoms with E-state index in [0.717, 1.165) is 12.8 Å². The van der Waals surface area contributed by atoms with Crippen LogP contribution in [0, 0.1) is 13.8 Å². The molecule has 2 nitrogen and oxygen atoms in total. The zero-order valence-electron chi connectivity index (χ0n) is 34.3. The van der Waals surface area contributed by atoms with E-state index in [2.05, 4.69) is 217 Å². The monoisotopic (exact) mass is 778 g/mol. The van der Waals surface area contributed by atoms with Gasteiger partial charge in [-0.3, -0.25) is 0 Å². The van der Waals surface area contributed by atoms with Crippen LogP contribution in [0.1, 0.15) is 51.8 Å². The molecule has 0 bridgehead atoms. The minimum absolute atomic E-state index is 0.466. The van der Waals surface area contributed by atoms with Gasteiger partial charge < -0.3 is 9.47 Å². The minimum Gasteiger partial charge on any atom is -0.314 e. The van der Waals surface area contributed by atoms with Crippen molar-refractivity contribution < 1.29 is 0 Å². The largest absolute Gasteiger partial charge is 0.314 e. The van der Waals surface area contributed by atoms with Gasteiger partial charge in [0.15, 0.2) is 0 Å². The van der Waals surface area contributed by atoms with Crippen molar-refractivity contribution in [1.29, 1.82) is 0 Å². The number of hydrogen-bond donors (Lipinski definition) is 0. The standard InChI is InChI=1S/C59H42N2/c1-37-21-27-41(28-22-37)60(42-29-23-38(2)24-30-42)43-31-25-40(26-32-43)44-33-35-52-56-48(44)34-36-55-58(56)57-51(59(52)49-16-7-5-14-46(49)47-15-6-8-17-50(47)59)18-10-20-54(57)61(55)53-19-9-12-39-11-3-4-13-45(39)53/h3-25,27-31,33-36H,26,32H2,1-2H3. The number of fused-ring (bicyclic) bond motifs is 8. The van der Waals surface area contributed by atoms with Crippen LogP contribution >= 0.6 is 0 Å². The normalized spacial score (nSPS) is 14.6. The molecule has 2 heteroatoms. The van der Waals surface area contributed by atoms with Gasteiger partial charge in [0.25, 0.3) is 0 Å². The second kappa shape index (κ2) is 12.8. The molecule has 0 saturated heterocycles. The zero-order chi connectivity index (χ0) is 40.4. The Labute approximate surface area is 356 Å². The predicted molar refractivity (Wildman–Crippen MR) is 256 cm³/mol. The molecule has 0 fully saturated rings. The lowest BCUT2D eigenvalue weighted by Crippen LogP contribution is -2.30. The fraction of sp³-hybridized carbons (Fsp3) is 0.0847. The lowest BCUT2D eigenvalue weighted by Gasteiger charge is -2.38. The summed E-state index contributed by atoms with van der Waals surface area (Å²) in [5, 5.41) is 7.93. The highest BCUT2D eigenvalue weighted by Gasteiger charge is 2.50. The quantitative estimate of drug-likeness (QED) is 0.169. The van der Waals surface area contributed by atoms with Crippen LogP contribution in [0.3, 0.4) is 0 Å². The average molecular weight is 779 g/mol. The smallest absolute Gasteiger partial charge is 0.0726 e. The Bertz CT molecular complexity index is 3440. The van der Waals surface area contributed by atoms with Gasteiger partial charge in [-0.25, -0.2) is 0 Å². The van der Waals surface area contributed by atoms with Gasteiger partial charge in [-0.05, 0) is 136 Å². The number of aryl methyl sites for hydroxylation is 2. The molecule has 13 rings (SSSR count). The van der Waals surface area contributed by atoms with Gasteiger partial charge in [0.05, 0.1) is 22.1 Å². The first-order valence-corrected chi connectivity index (χ1v) is 21.6. The molecule has 3 aliphatic rings. The SMILES string of the molecule is Cc1ccc(N(C2=CC=C(c3ccc4c5c3ccc3c5c5c(cccc5n3-c3cccc5ccccc35)C43c4ccccc4-c4ccccc43)CC2)c2ccc(C)cc2)cc1. The Morgan fingerprint density at radius 2 is 1.03 bits per heavy atom. The van der Waals surface area contributed by atoms with Crippen molar-refractivity contribution in [3.63, 3.8) is 0 Å². The third-order valence-electron chi connectivity index (χ3n) is 14.0. The summed E-state index contributed by atoms with van der Waals surface area (Å²) in [6.07, 6.45) is 6.66. The van der Waals surface area contributed by atoms with Crippen molar-refractivity contribution in [1.82, 2.24) is 4.57 Å². The number of benzene rings is 9. The number of hydrogen-bond acceptors (Lipinski definition) is 1. The first-order valence-electron chi connectivity index (χ1n) is 21.6. The Morgan fingerprint density at radius 1 is 0.426 bits per heavy atom. The van der Waals surface area contributed by atoms with Crippen molar-refractivity contribution in [3.8, 4) is 16.8 Å². The number of anilines is 2. The molecule has 0 saturated carbocycles. The third-order valence-corrected chi connectivity index (χ3v) is 14.0. The second-order valence-electron chi connectivity index (χ2n) is 17.3. The highest BCUT2D eigenvalue weighted by molar-refractivity contribution is 6.28. The molecule has 0 N–H and O–H groups in total. The molecule has 3 aliphatic carbocycles. The van der Waals surface area contributed by atoms with Gasteiger partial charge in [-0.15, -0.1) is 0 Å². The molecule has 9 aromatic carbocycles. The van der Waals surface area contributed by atoms with Crippen LogP contribution in [0.2, 0.25) is 0 Å². The van der Waals surface area contributed by atoms with Crippen molar-refractivity contribution in [2.24, 2.45) is 0 Å². The number of rotatable bonds is 5. The molecule has 61 heavy (non-hydrogen) atoms. The van der Waals surface area contributed by atoms with E-state index in [0.29, 0.717) is 0 Å². The molecular formula is C59H42N2. The van der Waals surface area contributed by atoms with Crippen molar-refractivity contribution in [2.45, 2.75) is 32.1 Å². The van der Waals surface area contributed by atoms with E-state index in [1.54, 1.807) is 0 Å². The molecule has 288 valence electrons. The summed E-state index contributed by atoms with van der Waals surface area (Å²) in [6.45, 7) is 4.32. The molecule has 10 aromatic rings. The molecule has 1 heterocycles. The topological polar surface area (TPSA) is 8.17 Å². The van der Waals surface area contributed by atoms with Crippen LogP contribution in [0.25, 0.3) is 65.7 Å². The lowest BCUT2D eigenvalue weighted by molar-refractivity contribution is 0.783. The van der Waals surface area contributed by atoms with Crippen molar-refractivity contribution in [3.05, 3.63) is 239 Å². The highest BCUT2D eigenvalue weighted by atomic mass is 15.1. The summed E-state index contributed by atoms with van der Waals surface area (Å²) in [5.41, 5.74) is 20.3. The minimum atomic E-state index is -0.466. The Balaban J connectivity index is 1.09. The van der Waals surface area contributed by atoms with E-state index in [1.165, 1.54) is 122 Å². The van der Waals surface area contributed by atoms with Crippen LogP contribution in [-0.2, 0) is 5.41 Å². The van der Waals surface area contributed by atoms with Crippen LogP contribution in [-0.4, -0.2) is 4.57 Å². The predicted octanol–water partition coefficient (Wildman–Crippen LogP) is 15.3.